The maximum Gasteiger partial charge on any atom is 0.150 e. The first kappa shape index (κ1) is 8.24. The number of rotatable bonds is 2. The summed E-state index contributed by atoms with van der Waals surface area (Å²) in [6, 6.07) is 4.77. The second-order valence-electron chi connectivity index (χ2n) is 2.13. The van der Waals surface area contributed by atoms with E-state index in [0.717, 1.165) is 0 Å². The van der Waals surface area contributed by atoms with Gasteiger partial charge in [0.15, 0.2) is 0 Å². The zero-order chi connectivity index (χ0) is 8.27. The summed E-state index contributed by atoms with van der Waals surface area (Å²) in [5, 5.41) is 9.14. The molecule has 0 saturated heterocycles. The molecule has 0 bridgehead atoms. The lowest BCUT2D eigenvalue weighted by Crippen LogP contribution is -1.86. The third kappa shape index (κ3) is 1.79. The Morgan fingerprint density at radius 3 is 2.73 bits per heavy atom. The average molecular weight is 171 g/mol. The van der Waals surface area contributed by atoms with Crippen molar-refractivity contribution in [2.75, 3.05) is 0 Å². The van der Waals surface area contributed by atoms with Crippen molar-refractivity contribution < 1.29 is 9.90 Å². The van der Waals surface area contributed by atoms with Crippen LogP contribution in [0.25, 0.3) is 0 Å². The lowest BCUT2D eigenvalue weighted by Gasteiger charge is -1.98. The Morgan fingerprint density at radius 2 is 2.27 bits per heavy atom. The quantitative estimate of drug-likeness (QED) is 0.686. The van der Waals surface area contributed by atoms with Crippen LogP contribution >= 0.6 is 11.6 Å². The van der Waals surface area contributed by atoms with Gasteiger partial charge in [0.05, 0.1) is 6.61 Å². The lowest BCUT2D eigenvalue weighted by atomic mass is 10.1. The fraction of sp³-hybridized carbons (Fsp3) is 0.125. The molecule has 1 N–H and O–H groups in total. The predicted octanol–water partition coefficient (Wildman–Crippen LogP) is 1.64. The standard InChI is InChI=1S/C8H7ClO2/c9-8-3-6(4-10)1-2-7(8)5-11/h1-4,11H,5H2. The van der Waals surface area contributed by atoms with Crippen molar-refractivity contribution in [3.05, 3.63) is 34.3 Å². The number of hydrogen-bond donors (Lipinski definition) is 1. The summed E-state index contributed by atoms with van der Waals surface area (Å²) < 4.78 is 0. The van der Waals surface area contributed by atoms with Gasteiger partial charge in [-0.15, -0.1) is 0 Å². The first-order chi connectivity index (χ1) is 5.27. The minimum Gasteiger partial charge on any atom is -0.392 e. The third-order valence-electron chi connectivity index (χ3n) is 1.38. The molecule has 0 spiro atoms. The lowest BCUT2D eigenvalue weighted by molar-refractivity contribution is 0.112. The van der Waals surface area contributed by atoms with E-state index in [1.165, 1.54) is 6.07 Å². The van der Waals surface area contributed by atoms with Crippen molar-refractivity contribution in [1.82, 2.24) is 0 Å². The van der Waals surface area contributed by atoms with Gasteiger partial charge in [-0.1, -0.05) is 23.7 Å². The average Bonchev–Trinajstić information content (AvgIpc) is 2.04. The maximum absolute atomic E-state index is 10.2. The number of aliphatic hydroxyl groups excluding tert-OH is 1. The Morgan fingerprint density at radius 1 is 1.55 bits per heavy atom. The smallest absolute Gasteiger partial charge is 0.150 e. The van der Waals surface area contributed by atoms with E-state index >= 15 is 0 Å². The fourth-order valence-corrected chi connectivity index (χ4v) is 1.01. The van der Waals surface area contributed by atoms with Gasteiger partial charge in [0, 0.05) is 10.6 Å². The highest BCUT2D eigenvalue weighted by molar-refractivity contribution is 6.31. The minimum atomic E-state index is -0.0992. The molecule has 11 heavy (non-hydrogen) atoms. The number of carbonyl (C=O) groups excluding carboxylic acids is 1. The fourth-order valence-electron chi connectivity index (χ4n) is 0.765. The van der Waals surface area contributed by atoms with Crippen molar-refractivity contribution in [3.63, 3.8) is 0 Å². The van der Waals surface area contributed by atoms with E-state index in [0.29, 0.717) is 22.4 Å². The van der Waals surface area contributed by atoms with Gasteiger partial charge < -0.3 is 5.11 Å². The molecule has 0 aliphatic carbocycles. The monoisotopic (exact) mass is 170 g/mol. The molecule has 0 radical (unpaired) electrons. The number of aldehydes is 1. The first-order valence-electron chi connectivity index (χ1n) is 3.12. The van der Waals surface area contributed by atoms with Crippen LogP contribution in [0.1, 0.15) is 15.9 Å². The molecule has 0 atom stereocenters. The summed E-state index contributed by atoms with van der Waals surface area (Å²) in [5.74, 6) is 0. The van der Waals surface area contributed by atoms with Crippen LogP contribution < -0.4 is 0 Å². The molecular formula is C8H7ClO2. The molecule has 1 aromatic rings. The molecule has 0 aliphatic heterocycles. The van der Waals surface area contributed by atoms with E-state index in [2.05, 4.69) is 0 Å². The van der Waals surface area contributed by atoms with Crippen molar-refractivity contribution in [2.24, 2.45) is 0 Å². The molecule has 0 aromatic heterocycles. The van der Waals surface area contributed by atoms with Gasteiger partial charge in [-0.25, -0.2) is 0 Å². The number of carbonyl (C=O) groups is 1. The first-order valence-corrected chi connectivity index (χ1v) is 3.50. The number of benzene rings is 1. The summed E-state index contributed by atoms with van der Waals surface area (Å²) in [5.41, 5.74) is 1.16. The highest BCUT2D eigenvalue weighted by Gasteiger charge is 1.98. The Kier molecular flexibility index (Phi) is 2.63. The molecular weight excluding hydrogens is 164 g/mol. The van der Waals surface area contributed by atoms with E-state index in [-0.39, 0.29) is 6.61 Å². The zero-order valence-corrected chi connectivity index (χ0v) is 6.51. The molecule has 2 nitrogen and oxygen atoms in total. The zero-order valence-electron chi connectivity index (χ0n) is 5.75. The van der Waals surface area contributed by atoms with Crippen LogP contribution in [0.15, 0.2) is 18.2 Å². The molecule has 3 heteroatoms. The summed E-state index contributed by atoms with van der Waals surface area (Å²) in [6.07, 6.45) is 0.715. The van der Waals surface area contributed by atoms with Gasteiger partial charge in [-0.2, -0.15) is 0 Å². The molecule has 58 valence electrons. The van der Waals surface area contributed by atoms with Crippen LogP contribution in [0.3, 0.4) is 0 Å². The normalized spacial score (nSPS) is 9.64. The highest BCUT2D eigenvalue weighted by Crippen LogP contribution is 2.16. The molecule has 0 amide bonds. The van der Waals surface area contributed by atoms with Gasteiger partial charge in [0.2, 0.25) is 0 Å². The van der Waals surface area contributed by atoms with Gasteiger partial charge in [0.25, 0.3) is 0 Å². The van der Waals surface area contributed by atoms with Gasteiger partial charge in [0.1, 0.15) is 6.29 Å². The molecule has 0 heterocycles. The Hall–Kier alpha value is -0.860. The van der Waals surface area contributed by atoms with E-state index in [4.69, 9.17) is 16.7 Å². The second kappa shape index (κ2) is 3.51. The molecule has 0 saturated carbocycles. The summed E-state index contributed by atoms with van der Waals surface area (Å²) in [6.45, 7) is -0.0992. The third-order valence-corrected chi connectivity index (χ3v) is 1.74. The van der Waals surface area contributed by atoms with Crippen LogP contribution in [0, 0.1) is 0 Å². The molecule has 0 fully saturated rings. The Bertz CT molecular complexity index is 271. The summed E-state index contributed by atoms with van der Waals surface area (Å²) >= 11 is 5.69. The summed E-state index contributed by atoms with van der Waals surface area (Å²) in [7, 11) is 0. The minimum absolute atomic E-state index is 0.0992. The van der Waals surface area contributed by atoms with Gasteiger partial charge in [-0.3, -0.25) is 4.79 Å². The molecule has 1 aromatic carbocycles. The predicted molar refractivity (Wildman–Crippen MR) is 42.8 cm³/mol. The molecule has 0 aliphatic rings. The van der Waals surface area contributed by atoms with Gasteiger partial charge in [-0.05, 0) is 11.6 Å². The van der Waals surface area contributed by atoms with Crippen molar-refractivity contribution in [3.8, 4) is 0 Å². The maximum atomic E-state index is 10.2. The number of halogens is 1. The van der Waals surface area contributed by atoms with Crippen molar-refractivity contribution >= 4 is 17.9 Å². The van der Waals surface area contributed by atoms with Crippen LogP contribution in [0.2, 0.25) is 5.02 Å². The number of aliphatic hydroxyl groups is 1. The van der Waals surface area contributed by atoms with Crippen LogP contribution in [0.5, 0.6) is 0 Å². The van der Waals surface area contributed by atoms with Crippen molar-refractivity contribution in [1.29, 1.82) is 0 Å². The molecule has 0 unspecified atom stereocenters. The second-order valence-corrected chi connectivity index (χ2v) is 2.53. The SMILES string of the molecule is O=Cc1ccc(CO)c(Cl)c1. The van der Waals surface area contributed by atoms with E-state index in [1.807, 2.05) is 0 Å². The van der Waals surface area contributed by atoms with Crippen LogP contribution in [-0.4, -0.2) is 11.4 Å². The van der Waals surface area contributed by atoms with E-state index in [1.54, 1.807) is 12.1 Å². The highest BCUT2D eigenvalue weighted by atomic mass is 35.5. The van der Waals surface area contributed by atoms with Crippen LogP contribution in [-0.2, 0) is 6.61 Å². The molecule has 1 rings (SSSR count). The Labute approximate surface area is 69.4 Å². The number of hydrogen-bond acceptors (Lipinski definition) is 2. The van der Waals surface area contributed by atoms with Crippen molar-refractivity contribution in [2.45, 2.75) is 6.61 Å². The van der Waals surface area contributed by atoms with E-state index < -0.39 is 0 Å². The summed E-state index contributed by atoms with van der Waals surface area (Å²) in [4.78, 5) is 10.2. The topological polar surface area (TPSA) is 37.3 Å². The van der Waals surface area contributed by atoms with Crippen LogP contribution in [0.4, 0.5) is 0 Å². The Balaban J connectivity index is 3.09. The largest absolute Gasteiger partial charge is 0.392 e. The van der Waals surface area contributed by atoms with E-state index in [9.17, 15) is 4.79 Å². The van der Waals surface area contributed by atoms with Gasteiger partial charge >= 0.3 is 0 Å².